The van der Waals surface area contributed by atoms with Gasteiger partial charge in [0.1, 0.15) is 40.5 Å². The molecule has 5 aromatic carbocycles. The van der Waals surface area contributed by atoms with Crippen molar-refractivity contribution in [2.45, 2.75) is 102 Å². The van der Waals surface area contributed by atoms with Crippen molar-refractivity contribution in [2.75, 3.05) is 111 Å². The zero-order chi connectivity index (χ0) is 76.7. The average molecular weight is 1560 g/mol. The molecule has 3 amide bonds. The number of hydrogen-bond donors (Lipinski definition) is 9. The molecule has 0 radical (unpaired) electrons. The summed E-state index contributed by atoms with van der Waals surface area (Å²) in [4.78, 5) is 76.8. The van der Waals surface area contributed by atoms with Gasteiger partial charge in [-0.25, -0.2) is 29.9 Å². The number of aryl methyl sites for hydroxylation is 3. The first kappa shape index (κ1) is 75.1. The number of alkyl halides is 3. The van der Waals surface area contributed by atoms with Crippen molar-refractivity contribution < 1.29 is 42.3 Å². The van der Waals surface area contributed by atoms with Crippen LogP contribution < -0.4 is 51.5 Å². The van der Waals surface area contributed by atoms with Gasteiger partial charge in [0.15, 0.2) is 32.9 Å². The lowest BCUT2D eigenvalue weighted by atomic mass is 9.84. The number of amides is 3. The van der Waals surface area contributed by atoms with Gasteiger partial charge in [-0.2, -0.15) is 33.7 Å². The third-order valence-electron chi connectivity index (χ3n) is 18.3. The number of anilines is 13. The summed E-state index contributed by atoms with van der Waals surface area (Å²) in [5.74, 6) is 5.68. The van der Waals surface area contributed by atoms with Gasteiger partial charge in [0, 0.05) is 154 Å². The van der Waals surface area contributed by atoms with Crippen LogP contribution in [-0.2, 0) is 15.7 Å². The highest BCUT2D eigenvalue weighted by Crippen LogP contribution is 2.41. The fraction of sp³-hybridized carbons (Fsp3) is 0.286. The Balaban J connectivity index is 0.000000236. The molecule has 0 atom stereocenters. The molecule has 1 spiro atoms. The van der Waals surface area contributed by atoms with Gasteiger partial charge in [0.2, 0.25) is 5.91 Å². The molecule has 10 heterocycles. The maximum Gasteiger partial charge on any atom is 0.417 e. The van der Waals surface area contributed by atoms with E-state index in [4.69, 9.17) is 24.7 Å². The molecule has 33 heteroatoms. The van der Waals surface area contributed by atoms with Gasteiger partial charge in [-0.15, -0.1) is 0 Å². The lowest BCUT2D eigenvalue weighted by Gasteiger charge is -2.47. The van der Waals surface area contributed by atoms with Crippen molar-refractivity contribution in [1.82, 2.24) is 60.5 Å². The van der Waals surface area contributed by atoms with Gasteiger partial charge in [0.05, 0.1) is 41.3 Å². The molecule has 1 aliphatic carbocycles. The van der Waals surface area contributed by atoms with Gasteiger partial charge in [0.25, 0.3) is 11.8 Å². The summed E-state index contributed by atoms with van der Waals surface area (Å²) in [6, 6.07) is 48.1. The lowest BCUT2D eigenvalue weighted by molar-refractivity contribution is -0.137. The maximum absolute atomic E-state index is 13.3. The molecule has 110 heavy (non-hydrogen) atoms. The maximum atomic E-state index is 13.3. The Kier molecular flexibility index (Phi) is 22.3. The predicted octanol–water partition coefficient (Wildman–Crippen LogP) is 16.8. The third kappa shape index (κ3) is 19.0. The van der Waals surface area contributed by atoms with Gasteiger partial charge >= 0.3 is 6.18 Å². The number of nitriles is 1. The summed E-state index contributed by atoms with van der Waals surface area (Å²) in [6.45, 7) is 13.3. The fourth-order valence-electron chi connectivity index (χ4n) is 12.4. The van der Waals surface area contributed by atoms with Gasteiger partial charge in [-0.1, -0.05) is 24.3 Å². The zero-order valence-electron chi connectivity index (χ0n) is 60.8. The summed E-state index contributed by atoms with van der Waals surface area (Å²) < 4.78 is 45.9. The molecule has 4 saturated heterocycles. The number of aromatic amines is 3. The highest BCUT2D eigenvalue weighted by Gasteiger charge is 2.47. The molecular weight excluding hydrogens is 1460 g/mol. The van der Waals surface area contributed by atoms with Gasteiger partial charge in [-0.05, 0) is 192 Å². The van der Waals surface area contributed by atoms with Crippen molar-refractivity contribution in [1.29, 1.82) is 5.26 Å². The van der Waals surface area contributed by atoms with Crippen LogP contribution in [0.15, 0.2) is 188 Å². The second kappa shape index (κ2) is 32.6. The molecule has 4 aliphatic heterocycles. The van der Waals surface area contributed by atoms with Crippen LogP contribution in [-0.4, -0.2) is 144 Å². The molecule has 5 fully saturated rings. The molecule has 0 bridgehead atoms. The normalized spacial score (nSPS) is 15.1. The SMILES string of the molecule is Cc1cc(Nc2cc(N3CC(C)(C#N)C3)nc(Sc3ccc(NC(=O)c4ccccc4C(F)(F)F)cc3)n2)n[nH]1.Cc1cc(Nc2cc(N3CC4(CCCO4)C3)nc(Sc3ccc(NC(=O)C4CC4)cc3)n2)n[nH]1.Cc1cc(Nc2cc(N3CCC3)nc(Sc3ccc(NC(=O)c4ccccc4N(C)C)cc3)n2)n[nH]1.[HH].[HH].[HH].[HH].[HH].[HH].[HH]. The summed E-state index contributed by atoms with van der Waals surface area (Å²) >= 11 is 4.25. The Bertz CT molecular complexity index is 5200. The summed E-state index contributed by atoms with van der Waals surface area (Å²) in [6.07, 6.45) is 0.742. The third-order valence-corrected chi connectivity index (χ3v) is 20.9. The first-order chi connectivity index (χ1) is 53.0. The van der Waals surface area contributed by atoms with Crippen LogP contribution >= 0.6 is 35.3 Å². The number of benzene rings is 5. The van der Waals surface area contributed by atoms with E-state index in [1.807, 2.05) is 155 Å². The first-order valence-corrected chi connectivity index (χ1v) is 38.0. The van der Waals surface area contributed by atoms with Crippen molar-refractivity contribution in [3.63, 3.8) is 0 Å². The smallest absolute Gasteiger partial charge is 0.377 e. The molecule has 1 saturated carbocycles. The quantitative estimate of drug-likeness (QED) is 0.0285. The van der Waals surface area contributed by atoms with E-state index >= 15 is 0 Å². The number of carbonyl (C=O) groups is 3. The van der Waals surface area contributed by atoms with Crippen LogP contribution in [0.4, 0.5) is 88.3 Å². The number of nitrogens with one attached hydrogen (secondary N) is 9. The van der Waals surface area contributed by atoms with Crippen LogP contribution in [0.1, 0.15) is 92.4 Å². The molecule has 578 valence electrons. The standard InChI is InChI=1S/C27H23F3N8OS.C26H28N8OS.C24H27N7O2S.7H2/c1-16-11-22(37-36-16)33-21-12-23(38-14-26(2,13-31)15-38)35-25(34-21)40-18-9-7-17(8-10-18)32-24(39)19-5-3-4-6-20(19)27(28,29)30;1-17-15-23(32-31-17)28-22-16-24(34-13-6-14-34)30-26(29-22)36-19-11-9-18(10-12-19)27-25(35)20-7-4-5-8-21(20)33(2)3;1-15-11-20(30-29-15)26-19-12-21(31-13-24(14-31)9-2-10-33-24)28-23(27-19)34-18-7-5-17(6-8-18)25-22(32)16-3-4-16;;;;;;;/h3-12H,14-15H2,1-2H3,(H,32,39)(H2,33,34,35,36,37);4-5,7-12,15-16H,6,13-14H2,1-3H3,(H,27,35)(H2,28,29,30,31,32);5-8,11-12,16H,2-4,9-10,13-14H2,1H3,(H,25,32)(H2,26,27,28,29,30);7*1H. The molecular formula is C77H92F3N23O4S3. The minimum atomic E-state index is -4.64. The molecule has 6 aromatic heterocycles. The van der Waals surface area contributed by atoms with E-state index in [0.29, 0.717) is 80.5 Å². The van der Waals surface area contributed by atoms with E-state index in [0.717, 1.165) is 131 Å². The molecule has 0 unspecified atom stereocenters. The summed E-state index contributed by atoms with van der Waals surface area (Å²) in [5, 5.41) is 50.8. The Morgan fingerprint density at radius 1 is 0.545 bits per heavy atom. The van der Waals surface area contributed by atoms with E-state index in [1.165, 1.54) is 53.8 Å². The number of para-hydroxylation sites is 1. The molecule has 5 aliphatic rings. The monoisotopic (exact) mass is 1560 g/mol. The van der Waals surface area contributed by atoms with E-state index in [2.05, 4.69) is 88.3 Å². The molecule has 16 rings (SSSR count). The van der Waals surface area contributed by atoms with Crippen LogP contribution in [0, 0.1) is 43.4 Å². The van der Waals surface area contributed by atoms with Crippen LogP contribution in [0.2, 0.25) is 0 Å². The van der Waals surface area contributed by atoms with Gasteiger partial charge in [-0.3, -0.25) is 29.7 Å². The Morgan fingerprint density at radius 3 is 1.35 bits per heavy atom. The molecule has 9 N–H and O–H groups in total. The van der Waals surface area contributed by atoms with E-state index in [-0.39, 0.29) is 33.3 Å². The number of rotatable bonds is 22. The van der Waals surface area contributed by atoms with Crippen LogP contribution in [0.25, 0.3) is 0 Å². The number of nitrogens with zero attached hydrogens (tertiary/aromatic N) is 14. The van der Waals surface area contributed by atoms with E-state index < -0.39 is 28.6 Å². The van der Waals surface area contributed by atoms with Gasteiger partial charge < -0.3 is 56.2 Å². The van der Waals surface area contributed by atoms with Crippen molar-refractivity contribution in [3.05, 3.63) is 191 Å². The summed E-state index contributed by atoms with van der Waals surface area (Å²) in [5.41, 5.74) is 4.32. The lowest BCUT2D eigenvalue weighted by Crippen LogP contribution is -2.61. The number of aromatic nitrogens is 12. The van der Waals surface area contributed by atoms with Crippen molar-refractivity contribution in [2.24, 2.45) is 11.3 Å². The van der Waals surface area contributed by atoms with Crippen LogP contribution in [0.5, 0.6) is 0 Å². The Labute approximate surface area is 655 Å². The topological polar surface area (TPSA) is 333 Å². The van der Waals surface area contributed by atoms with Crippen molar-refractivity contribution in [3.8, 4) is 6.07 Å². The van der Waals surface area contributed by atoms with Crippen LogP contribution in [0.3, 0.4) is 0 Å². The Morgan fingerprint density at radius 2 is 0.964 bits per heavy atom. The predicted molar refractivity (Wildman–Crippen MR) is 435 cm³/mol. The number of carbonyl (C=O) groups excluding carboxylic acids is 3. The second-order valence-corrected chi connectivity index (χ2v) is 30.9. The summed E-state index contributed by atoms with van der Waals surface area (Å²) in [7, 11) is 3.85. The molecule has 11 aromatic rings. The Hall–Kier alpha value is -11.7. The average Bonchev–Trinajstić information content (AvgIpc) is 1.53. The molecule has 27 nitrogen and oxygen atoms in total. The largest absolute Gasteiger partial charge is 0.417 e. The first-order valence-electron chi connectivity index (χ1n) is 35.5. The number of hydrogen-bond acceptors (Lipinski definition) is 24. The highest BCUT2D eigenvalue weighted by atomic mass is 32.2. The number of halogens is 3. The minimum Gasteiger partial charge on any atom is -0.377 e. The highest BCUT2D eigenvalue weighted by molar-refractivity contribution is 7.99. The second-order valence-electron chi connectivity index (χ2n) is 27.7. The van der Waals surface area contributed by atoms with E-state index in [1.54, 1.807) is 30.3 Å². The number of ether oxygens (including phenoxy) is 1. The zero-order valence-corrected chi connectivity index (χ0v) is 63.3. The van der Waals surface area contributed by atoms with Crippen molar-refractivity contribution >= 4 is 128 Å². The number of H-pyrrole nitrogens is 3. The minimum absolute atomic E-state index is 0. The van der Waals surface area contributed by atoms with E-state index in [9.17, 15) is 32.8 Å². The fourth-order valence-corrected chi connectivity index (χ4v) is 14.7.